The van der Waals surface area contributed by atoms with Gasteiger partial charge in [-0.1, -0.05) is 117 Å². The Hall–Kier alpha value is -5.08. The van der Waals surface area contributed by atoms with Gasteiger partial charge >= 0.3 is 0 Å². The number of nitrogens with zero attached hydrogens (tertiary/aromatic N) is 2. The van der Waals surface area contributed by atoms with Crippen molar-refractivity contribution in [3.8, 4) is 22.3 Å². The van der Waals surface area contributed by atoms with Crippen molar-refractivity contribution < 1.29 is 0 Å². The molecule has 6 aromatic rings. The lowest BCUT2D eigenvalue weighted by Gasteiger charge is -2.50. The van der Waals surface area contributed by atoms with Crippen LogP contribution in [0.1, 0.15) is 56.2 Å². The van der Waals surface area contributed by atoms with E-state index in [4.69, 9.17) is 0 Å². The molecule has 2 nitrogen and oxygen atoms in total. The molecule has 1 heterocycles. The maximum atomic E-state index is 2.71. The topological polar surface area (TPSA) is 6.48 Å². The third-order valence-electron chi connectivity index (χ3n) is 11.3. The smallest absolute Gasteiger partial charge is 0.0518 e. The third kappa shape index (κ3) is 4.94. The molecular weight excluding hydrogens is 581 g/mol. The Morgan fingerprint density at radius 3 is 1.65 bits per heavy atom. The van der Waals surface area contributed by atoms with Crippen LogP contribution >= 0.6 is 0 Å². The zero-order valence-corrected chi connectivity index (χ0v) is 28.6. The summed E-state index contributed by atoms with van der Waals surface area (Å²) in [6.45, 7) is 9.63. The molecule has 48 heavy (non-hydrogen) atoms. The standard InChI is InChI=1S/C46H44N2/c1-33-28-34(2)44-43(29-33)48(46(4)27-12-11-26-45(44,46)3)42-25-15-24-41(32-42)47(39-22-13-20-37(30-39)35-16-7-5-8-17-35)40-23-14-21-38(31-40)36-18-9-6-10-19-36/h5-10,13-25,28-32H,11-12,26-27H2,1-4H3. The molecule has 0 bridgehead atoms. The second-order valence-corrected chi connectivity index (χ2v) is 14.3. The van der Waals surface area contributed by atoms with Gasteiger partial charge in [0.05, 0.1) is 5.54 Å². The summed E-state index contributed by atoms with van der Waals surface area (Å²) in [7, 11) is 0. The first-order valence-corrected chi connectivity index (χ1v) is 17.5. The number of hydrogen-bond acceptors (Lipinski definition) is 2. The molecule has 0 amide bonds. The fourth-order valence-corrected chi connectivity index (χ4v) is 8.90. The van der Waals surface area contributed by atoms with Gasteiger partial charge in [0.25, 0.3) is 0 Å². The number of hydrogen-bond donors (Lipinski definition) is 0. The van der Waals surface area contributed by atoms with Crippen molar-refractivity contribution in [2.45, 2.75) is 64.3 Å². The van der Waals surface area contributed by atoms with Gasteiger partial charge in [0.15, 0.2) is 0 Å². The van der Waals surface area contributed by atoms with E-state index in [1.54, 1.807) is 5.56 Å². The van der Waals surface area contributed by atoms with Crippen molar-refractivity contribution in [3.05, 3.63) is 162 Å². The number of rotatable bonds is 6. The molecule has 1 saturated carbocycles. The van der Waals surface area contributed by atoms with Crippen LogP contribution in [0.3, 0.4) is 0 Å². The van der Waals surface area contributed by atoms with Crippen molar-refractivity contribution >= 4 is 28.4 Å². The Morgan fingerprint density at radius 1 is 0.521 bits per heavy atom. The van der Waals surface area contributed by atoms with Gasteiger partial charge in [0.2, 0.25) is 0 Å². The van der Waals surface area contributed by atoms with Crippen molar-refractivity contribution in [1.82, 2.24) is 0 Å². The summed E-state index contributed by atoms with van der Waals surface area (Å²) >= 11 is 0. The zero-order chi connectivity index (χ0) is 32.9. The van der Waals surface area contributed by atoms with Crippen LogP contribution in [0.2, 0.25) is 0 Å². The predicted octanol–water partition coefficient (Wildman–Crippen LogP) is 12.8. The summed E-state index contributed by atoms with van der Waals surface area (Å²) in [4.78, 5) is 5.15. The zero-order valence-electron chi connectivity index (χ0n) is 28.6. The molecule has 0 saturated heterocycles. The number of anilines is 5. The molecule has 0 radical (unpaired) electrons. The number of aryl methyl sites for hydroxylation is 2. The lowest BCUT2D eigenvalue weighted by Crippen LogP contribution is -2.54. The Kier molecular flexibility index (Phi) is 7.48. The van der Waals surface area contributed by atoms with Gasteiger partial charge in [-0.05, 0) is 121 Å². The van der Waals surface area contributed by atoms with Gasteiger partial charge < -0.3 is 9.80 Å². The molecular formula is C46H44N2. The molecule has 2 heteroatoms. The lowest BCUT2D eigenvalue weighted by atomic mass is 9.61. The van der Waals surface area contributed by atoms with Gasteiger partial charge in [0, 0.05) is 33.9 Å². The van der Waals surface area contributed by atoms with Crippen molar-refractivity contribution in [2.24, 2.45) is 0 Å². The minimum Gasteiger partial charge on any atom is -0.334 e. The average Bonchev–Trinajstić information content (AvgIpc) is 3.32. The SMILES string of the molecule is Cc1cc(C)c2c(c1)N(c1cccc(N(c3cccc(-c4ccccc4)c3)c3cccc(-c4ccccc4)c3)c1)C1(C)CCCCC21C. The van der Waals surface area contributed by atoms with Gasteiger partial charge in [-0.15, -0.1) is 0 Å². The maximum Gasteiger partial charge on any atom is 0.0518 e. The molecule has 0 N–H and O–H groups in total. The second-order valence-electron chi connectivity index (χ2n) is 14.3. The van der Waals surface area contributed by atoms with Crippen LogP contribution < -0.4 is 9.80 Å². The van der Waals surface area contributed by atoms with E-state index in [-0.39, 0.29) is 11.0 Å². The summed E-state index contributed by atoms with van der Waals surface area (Å²) < 4.78 is 0. The first-order valence-electron chi connectivity index (χ1n) is 17.5. The fraction of sp³-hybridized carbons (Fsp3) is 0.217. The van der Waals surface area contributed by atoms with Crippen LogP contribution in [0, 0.1) is 13.8 Å². The molecule has 1 aliphatic carbocycles. The van der Waals surface area contributed by atoms with Gasteiger partial charge in [-0.25, -0.2) is 0 Å². The van der Waals surface area contributed by atoms with E-state index >= 15 is 0 Å². The highest BCUT2D eigenvalue weighted by Crippen LogP contribution is 2.62. The highest BCUT2D eigenvalue weighted by atomic mass is 15.3. The number of benzene rings is 6. The van der Waals surface area contributed by atoms with E-state index in [1.165, 1.54) is 70.4 Å². The van der Waals surface area contributed by atoms with Crippen molar-refractivity contribution in [3.63, 3.8) is 0 Å². The molecule has 2 unspecified atom stereocenters. The van der Waals surface area contributed by atoms with Crippen LogP contribution in [0.15, 0.2) is 146 Å². The largest absolute Gasteiger partial charge is 0.334 e. The second kappa shape index (κ2) is 11.9. The normalized spacial score (nSPS) is 19.9. The van der Waals surface area contributed by atoms with E-state index in [0.717, 1.165) is 17.1 Å². The van der Waals surface area contributed by atoms with Crippen molar-refractivity contribution in [1.29, 1.82) is 0 Å². The molecule has 0 aromatic heterocycles. The van der Waals surface area contributed by atoms with Crippen LogP contribution in [-0.4, -0.2) is 5.54 Å². The summed E-state index contributed by atoms with van der Waals surface area (Å²) in [6, 6.07) is 53.4. The summed E-state index contributed by atoms with van der Waals surface area (Å²) in [6.07, 6.45) is 4.96. The number of fused-ring (bicyclic) bond motifs is 3. The van der Waals surface area contributed by atoms with Crippen LogP contribution in [0.5, 0.6) is 0 Å². The van der Waals surface area contributed by atoms with E-state index in [9.17, 15) is 0 Å². The molecule has 8 rings (SSSR count). The Bertz CT molecular complexity index is 2020. The first kappa shape index (κ1) is 30.3. The molecule has 2 atom stereocenters. The van der Waals surface area contributed by atoms with Gasteiger partial charge in [-0.2, -0.15) is 0 Å². The molecule has 6 aromatic carbocycles. The Morgan fingerprint density at radius 2 is 1.04 bits per heavy atom. The lowest BCUT2D eigenvalue weighted by molar-refractivity contribution is 0.194. The Balaban J connectivity index is 1.31. The van der Waals surface area contributed by atoms with Crippen LogP contribution in [0.4, 0.5) is 28.4 Å². The molecule has 0 spiro atoms. The van der Waals surface area contributed by atoms with Gasteiger partial charge in [-0.3, -0.25) is 0 Å². The predicted molar refractivity (Wildman–Crippen MR) is 204 cm³/mol. The van der Waals surface area contributed by atoms with Crippen LogP contribution in [-0.2, 0) is 5.41 Å². The van der Waals surface area contributed by atoms with E-state index in [0.29, 0.717) is 0 Å². The van der Waals surface area contributed by atoms with Crippen LogP contribution in [0.25, 0.3) is 22.3 Å². The van der Waals surface area contributed by atoms with E-state index < -0.39 is 0 Å². The minimum absolute atomic E-state index is 0.00393. The van der Waals surface area contributed by atoms with E-state index in [2.05, 4.69) is 183 Å². The highest BCUT2D eigenvalue weighted by molar-refractivity contribution is 5.86. The van der Waals surface area contributed by atoms with Gasteiger partial charge in [0.1, 0.15) is 0 Å². The third-order valence-corrected chi connectivity index (χ3v) is 11.3. The molecule has 1 fully saturated rings. The minimum atomic E-state index is -0.00393. The highest BCUT2D eigenvalue weighted by Gasteiger charge is 2.58. The van der Waals surface area contributed by atoms with Crippen molar-refractivity contribution in [2.75, 3.05) is 9.80 Å². The summed E-state index contributed by atoms with van der Waals surface area (Å²) in [5, 5.41) is 0. The fourth-order valence-electron chi connectivity index (χ4n) is 8.90. The Labute approximate surface area is 286 Å². The first-order chi connectivity index (χ1) is 23.4. The summed E-state index contributed by atoms with van der Waals surface area (Å²) in [5.74, 6) is 0. The maximum absolute atomic E-state index is 2.71. The molecule has 238 valence electrons. The molecule has 2 aliphatic rings. The molecule has 1 aliphatic heterocycles. The average molecular weight is 625 g/mol. The quantitative estimate of drug-likeness (QED) is 0.182. The monoisotopic (exact) mass is 624 g/mol. The summed E-state index contributed by atoms with van der Waals surface area (Å²) in [5.41, 5.74) is 15.3. The van der Waals surface area contributed by atoms with E-state index in [1.807, 2.05) is 0 Å².